The summed E-state index contributed by atoms with van der Waals surface area (Å²) < 4.78 is 25.9. The third kappa shape index (κ3) is 3.98. The van der Waals surface area contributed by atoms with E-state index in [-0.39, 0.29) is 15.5 Å². The predicted molar refractivity (Wildman–Crippen MR) is 104 cm³/mol. The first kappa shape index (κ1) is 18.6. The number of sulfone groups is 1. The van der Waals surface area contributed by atoms with Crippen LogP contribution in [0.2, 0.25) is 5.02 Å². The van der Waals surface area contributed by atoms with E-state index in [0.29, 0.717) is 11.4 Å². The van der Waals surface area contributed by atoms with Crippen molar-refractivity contribution in [1.82, 2.24) is 9.78 Å². The number of nitrogens with one attached hydrogen (secondary N) is 1. The van der Waals surface area contributed by atoms with Gasteiger partial charge in [0.1, 0.15) is 0 Å². The van der Waals surface area contributed by atoms with E-state index >= 15 is 0 Å². The number of rotatable bonds is 4. The highest BCUT2D eigenvalue weighted by Crippen LogP contribution is 2.25. The lowest BCUT2D eigenvalue weighted by atomic mass is 10.2. The Bertz CT molecular complexity index is 1100. The lowest BCUT2D eigenvalue weighted by Crippen LogP contribution is -2.15. The van der Waals surface area contributed by atoms with E-state index in [9.17, 15) is 13.2 Å². The van der Waals surface area contributed by atoms with Crippen molar-refractivity contribution >= 4 is 49.0 Å². The number of carbonyl (C=O) groups is 1. The molecular formula is C17H13BrClN3O3S. The van der Waals surface area contributed by atoms with Crippen molar-refractivity contribution in [2.45, 2.75) is 4.90 Å². The maximum Gasteiger partial charge on any atom is 0.257 e. The molecule has 3 rings (SSSR count). The molecular weight excluding hydrogens is 442 g/mol. The number of benzene rings is 2. The molecule has 0 aliphatic rings. The molecule has 0 saturated heterocycles. The van der Waals surface area contributed by atoms with Crippen LogP contribution >= 0.6 is 27.5 Å². The molecule has 134 valence electrons. The molecule has 1 amide bonds. The lowest BCUT2D eigenvalue weighted by molar-refractivity contribution is 0.102. The van der Waals surface area contributed by atoms with Gasteiger partial charge in [0.25, 0.3) is 5.91 Å². The highest BCUT2D eigenvalue weighted by molar-refractivity contribution is 9.10. The zero-order valence-corrected chi connectivity index (χ0v) is 16.6. The van der Waals surface area contributed by atoms with Crippen LogP contribution in [-0.4, -0.2) is 30.4 Å². The van der Waals surface area contributed by atoms with Crippen molar-refractivity contribution in [2.24, 2.45) is 0 Å². The summed E-state index contributed by atoms with van der Waals surface area (Å²) in [4.78, 5) is 12.7. The van der Waals surface area contributed by atoms with Crippen molar-refractivity contribution in [3.63, 3.8) is 0 Å². The summed E-state index contributed by atoms with van der Waals surface area (Å²) in [6, 6.07) is 11.1. The maximum absolute atomic E-state index is 12.7. The van der Waals surface area contributed by atoms with Crippen molar-refractivity contribution in [3.05, 3.63) is 69.9 Å². The molecule has 9 heteroatoms. The van der Waals surface area contributed by atoms with Gasteiger partial charge < -0.3 is 5.32 Å². The van der Waals surface area contributed by atoms with Gasteiger partial charge >= 0.3 is 0 Å². The molecule has 6 nitrogen and oxygen atoms in total. The molecule has 0 fully saturated rings. The lowest BCUT2D eigenvalue weighted by Gasteiger charge is -2.12. The highest BCUT2D eigenvalue weighted by Gasteiger charge is 2.17. The number of hydrogen-bond acceptors (Lipinski definition) is 4. The predicted octanol–water partition coefficient (Wildman–Crippen LogP) is 3.94. The van der Waals surface area contributed by atoms with E-state index in [1.54, 1.807) is 35.3 Å². The first-order valence-corrected chi connectivity index (χ1v) is 10.4. The van der Waals surface area contributed by atoms with E-state index in [1.807, 2.05) is 6.07 Å². The minimum Gasteiger partial charge on any atom is -0.320 e. The summed E-state index contributed by atoms with van der Waals surface area (Å²) >= 11 is 9.42. The monoisotopic (exact) mass is 453 g/mol. The zero-order valence-electron chi connectivity index (χ0n) is 13.5. The molecule has 1 N–H and O–H groups in total. The van der Waals surface area contributed by atoms with Gasteiger partial charge in [-0.15, -0.1) is 0 Å². The number of nitrogens with zero attached hydrogens (tertiary/aromatic N) is 2. The number of hydrogen-bond donors (Lipinski definition) is 1. The molecule has 0 aliphatic carbocycles. The van der Waals surface area contributed by atoms with Gasteiger partial charge in [-0.25, -0.2) is 13.1 Å². The summed E-state index contributed by atoms with van der Waals surface area (Å²) in [6.07, 6.45) is 4.45. The zero-order chi connectivity index (χ0) is 18.9. The molecule has 2 aromatic carbocycles. The molecule has 0 aliphatic heterocycles. The van der Waals surface area contributed by atoms with Gasteiger partial charge in [-0.3, -0.25) is 4.79 Å². The van der Waals surface area contributed by atoms with E-state index in [4.69, 9.17) is 11.6 Å². The average molecular weight is 455 g/mol. The molecule has 0 spiro atoms. The molecule has 3 aromatic rings. The van der Waals surface area contributed by atoms with E-state index in [1.165, 1.54) is 18.2 Å². The topological polar surface area (TPSA) is 81.1 Å². The largest absolute Gasteiger partial charge is 0.320 e. The molecule has 0 saturated carbocycles. The second-order valence-electron chi connectivity index (χ2n) is 5.49. The first-order valence-electron chi connectivity index (χ1n) is 7.36. The van der Waals surface area contributed by atoms with Crippen LogP contribution in [0, 0.1) is 0 Å². The Morgan fingerprint density at radius 2 is 1.96 bits per heavy atom. The van der Waals surface area contributed by atoms with Gasteiger partial charge in [-0.2, -0.15) is 5.10 Å². The second-order valence-corrected chi connectivity index (χ2v) is 8.83. The minimum atomic E-state index is -3.45. The molecule has 1 heterocycles. The number of halogens is 2. The summed E-state index contributed by atoms with van der Waals surface area (Å²) in [5.74, 6) is -0.515. The van der Waals surface area contributed by atoms with Crippen LogP contribution in [-0.2, 0) is 9.84 Å². The van der Waals surface area contributed by atoms with Gasteiger partial charge in [-0.1, -0.05) is 23.7 Å². The Hall–Kier alpha value is -2.16. The first-order chi connectivity index (χ1) is 12.3. The standard InChI is InChI=1S/C17H13BrClN3O3S/c1-26(24,25)12-6-7-14(19)13(8-12)17(23)21-15-4-2-3-5-16(15)22-10-11(18)9-20-22/h2-10H,1H3,(H,21,23). The number of carbonyl (C=O) groups excluding carboxylic acids is 1. The Kier molecular flexibility index (Phi) is 5.17. The maximum atomic E-state index is 12.7. The highest BCUT2D eigenvalue weighted by atomic mass is 79.9. The van der Waals surface area contributed by atoms with E-state index in [2.05, 4.69) is 26.3 Å². The number of anilines is 1. The smallest absolute Gasteiger partial charge is 0.257 e. The van der Waals surface area contributed by atoms with Gasteiger partial charge in [-0.05, 0) is 46.3 Å². The summed E-state index contributed by atoms with van der Waals surface area (Å²) in [7, 11) is -3.45. The van der Waals surface area contributed by atoms with Gasteiger partial charge in [0, 0.05) is 12.5 Å². The Labute approximate surface area is 163 Å². The van der Waals surface area contributed by atoms with Crippen LogP contribution in [0.3, 0.4) is 0 Å². The van der Waals surface area contributed by atoms with Gasteiger partial charge in [0.2, 0.25) is 0 Å². The van der Waals surface area contributed by atoms with E-state index in [0.717, 1.165) is 10.7 Å². The van der Waals surface area contributed by atoms with E-state index < -0.39 is 15.7 Å². The fourth-order valence-corrected chi connectivity index (χ4v) is 3.45. The van der Waals surface area contributed by atoms with Crippen LogP contribution in [0.5, 0.6) is 0 Å². The second kappa shape index (κ2) is 7.22. The summed E-state index contributed by atoms with van der Waals surface area (Å²) in [5, 5.41) is 7.12. The van der Waals surface area contributed by atoms with Crippen molar-refractivity contribution in [1.29, 1.82) is 0 Å². The Morgan fingerprint density at radius 1 is 1.23 bits per heavy atom. The third-order valence-corrected chi connectivity index (χ3v) is 5.41. The summed E-state index contributed by atoms with van der Waals surface area (Å²) in [5.41, 5.74) is 1.24. The molecule has 0 unspecified atom stereocenters. The summed E-state index contributed by atoms with van der Waals surface area (Å²) in [6.45, 7) is 0. The minimum absolute atomic E-state index is 0.0244. The average Bonchev–Trinajstić information content (AvgIpc) is 3.01. The van der Waals surface area contributed by atoms with Crippen LogP contribution in [0.1, 0.15) is 10.4 Å². The normalized spacial score (nSPS) is 11.3. The van der Waals surface area contributed by atoms with Crippen LogP contribution in [0.25, 0.3) is 5.69 Å². The fraction of sp³-hybridized carbons (Fsp3) is 0.0588. The Morgan fingerprint density at radius 3 is 2.62 bits per heavy atom. The number of amides is 1. The fourth-order valence-electron chi connectivity index (χ4n) is 2.31. The number of para-hydroxylation sites is 2. The molecule has 0 radical (unpaired) electrons. The quantitative estimate of drug-likeness (QED) is 0.647. The van der Waals surface area contributed by atoms with Crippen molar-refractivity contribution in [2.75, 3.05) is 11.6 Å². The SMILES string of the molecule is CS(=O)(=O)c1ccc(Cl)c(C(=O)Nc2ccccc2-n2cc(Br)cn2)c1. The molecule has 0 atom stereocenters. The van der Waals surface area contributed by atoms with Crippen LogP contribution in [0.4, 0.5) is 5.69 Å². The molecule has 26 heavy (non-hydrogen) atoms. The van der Waals surface area contributed by atoms with Crippen molar-refractivity contribution in [3.8, 4) is 5.69 Å². The van der Waals surface area contributed by atoms with Crippen molar-refractivity contribution < 1.29 is 13.2 Å². The van der Waals surface area contributed by atoms with Crippen LogP contribution in [0.15, 0.2) is 64.2 Å². The van der Waals surface area contributed by atoms with Crippen LogP contribution < -0.4 is 5.32 Å². The van der Waals surface area contributed by atoms with Gasteiger partial charge in [0.15, 0.2) is 9.84 Å². The third-order valence-electron chi connectivity index (χ3n) is 3.56. The molecule has 0 bridgehead atoms. The molecule has 1 aromatic heterocycles. The number of aromatic nitrogens is 2. The van der Waals surface area contributed by atoms with Gasteiger partial charge in [0.05, 0.1) is 37.5 Å². The Balaban J connectivity index is 1.97.